The molecule has 0 atom stereocenters. The van der Waals surface area contributed by atoms with Gasteiger partial charge in [0.2, 0.25) is 5.91 Å². The Hall–Kier alpha value is -2.53. The van der Waals surface area contributed by atoms with E-state index in [-0.39, 0.29) is 13.3 Å². The summed E-state index contributed by atoms with van der Waals surface area (Å²) in [4.78, 5) is 13.9. The minimum atomic E-state index is 0. The molecule has 0 saturated carbocycles. The van der Waals surface area contributed by atoms with E-state index in [4.69, 9.17) is 0 Å². The fourth-order valence-electron chi connectivity index (χ4n) is 1.45. The van der Waals surface area contributed by atoms with E-state index in [0.717, 1.165) is 0 Å². The van der Waals surface area contributed by atoms with Crippen LogP contribution in [-0.4, -0.2) is 48.2 Å². The number of carbonyl (C=O) groups is 1. The number of rotatable bonds is 2. The number of carbonyl (C=O) groups excluding carboxylic acids is 1. The molecule has 162 valence electrons. The van der Waals surface area contributed by atoms with Crippen molar-refractivity contribution in [2.75, 3.05) is 52.1 Å². The molecule has 2 aromatic carbocycles. The Labute approximate surface area is 174 Å². The van der Waals surface area contributed by atoms with Crippen molar-refractivity contribution in [1.29, 1.82) is 0 Å². The van der Waals surface area contributed by atoms with Gasteiger partial charge in [0.1, 0.15) is 0 Å². The number of anilines is 2. The average molecular weight is 393 g/mol. The Balaban J connectivity index is -0.000000144. The van der Waals surface area contributed by atoms with Gasteiger partial charge in [-0.05, 0) is 31.3 Å². The van der Waals surface area contributed by atoms with Crippen LogP contribution in [-0.2, 0) is 4.79 Å². The third-order valence-electron chi connectivity index (χ3n) is 2.90. The molecule has 0 aromatic heterocycles. The lowest BCUT2D eigenvalue weighted by molar-refractivity contribution is -0.118. The summed E-state index contributed by atoms with van der Waals surface area (Å²) in [7, 11) is 11.2. The Morgan fingerprint density at radius 3 is 1.07 bits per heavy atom. The third kappa shape index (κ3) is 21.5. The van der Waals surface area contributed by atoms with Crippen molar-refractivity contribution in [2.45, 2.75) is 28.2 Å². The quantitative estimate of drug-likeness (QED) is 0.790. The molecule has 5 nitrogen and oxygen atoms in total. The average Bonchev–Trinajstić information content (AvgIpc) is 2.73. The van der Waals surface area contributed by atoms with Crippen LogP contribution in [0.15, 0.2) is 60.7 Å². The molecule has 1 amide bonds. The Morgan fingerprint density at radius 1 is 0.750 bits per heavy atom. The molecular weight excluding hydrogens is 348 g/mol. The molecular formula is C23H44N4O. The maximum Gasteiger partial charge on any atom is 0.216 e. The van der Waals surface area contributed by atoms with Crippen molar-refractivity contribution < 1.29 is 4.79 Å². The number of para-hydroxylation sites is 2. The summed E-state index contributed by atoms with van der Waals surface area (Å²) in [6.45, 7) is 5.47. The van der Waals surface area contributed by atoms with Gasteiger partial charge in [-0.1, -0.05) is 57.7 Å². The number of nitrogens with one attached hydrogen (secondary N) is 1. The van der Waals surface area contributed by atoms with E-state index in [9.17, 15) is 4.79 Å². The van der Waals surface area contributed by atoms with Gasteiger partial charge in [0.15, 0.2) is 0 Å². The highest BCUT2D eigenvalue weighted by molar-refractivity contribution is 5.72. The highest BCUT2D eigenvalue weighted by atomic mass is 16.1. The van der Waals surface area contributed by atoms with Gasteiger partial charge in [0, 0.05) is 53.5 Å². The SMILES string of the molecule is C.CC.CN.CN(C)c1ccccc1.CN(C)c1ccccc1.CNC(C)=O. The predicted octanol–water partition coefficient (Wildman–Crippen LogP) is 4.49. The molecule has 0 saturated heterocycles. The van der Waals surface area contributed by atoms with Crippen molar-refractivity contribution in [2.24, 2.45) is 5.73 Å². The van der Waals surface area contributed by atoms with Gasteiger partial charge in [-0.2, -0.15) is 0 Å². The minimum absolute atomic E-state index is 0. The fraction of sp³-hybridized carbons (Fsp3) is 0.435. The van der Waals surface area contributed by atoms with E-state index < -0.39 is 0 Å². The molecule has 0 fully saturated rings. The van der Waals surface area contributed by atoms with Crippen LogP contribution in [0.3, 0.4) is 0 Å². The van der Waals surface area contributed by atoms with Gasteiger partial charge in [-0.3, -0.25) is 4.79 Å². The number of hydrogen-bond acceptors (Lipinski definition) is 4. The predicted molar refractivity (Wildman–Crippen MR) is 129 cm³/mol. The second-order valence-corrected chi connectivity index (χ2v) is 5.27. The zero-order valence-corrected chi connectivity index (χ0v) is 18.7. The van der Waals surface area contributed by atoms with Gasteiger partial charge in [-0.25, -0.2) is 0 Å². The molecule has 5 heteroatoms. The molecule has 2 aromatic rings. The Kier molecular flexibility index (Phi) is 28.9. The first-order valence-corrected chi connectivity index (χ1v) is 9.09. The fourth-order valence-corrected chi connectivity index (χ4v) is 1.45. The first-order valence-electron chi connectivity index (χ1n) is 9.09. The van der Waals surface area contributed by atoms with E-state index in [2.05, 4.69) is 45.1 Å². The Morgan fingerprint density at radius 2 is 0.964 bits per heavy atom. The molecule has 0 unspecified atom stereocenters. The van der Waals surface area contributed by atoms with Crippen LogP contribution in [0, 0.1) is 0 Å². The van der Waals surface area contributed by atoms with Crippen LogP contribution < -0.4 is 20.9 Å². The summed E-state index contributed by atoms with van der Waals surface area (Å²) in [5, 5.41) is 2.39. The van der Waals surface area contributed by atoms with Crippen molar-refractivity contribution in [1.82, 2.24) is 5.32 Å². The zero-order valence-electron chi connectivity index (χ0n) is 18.7. The highest BCUT2D eigenvalue weighted by Crippen LogP contribution is 2.08. The number of nitrogens with two attached hydrogens (primary N) is 1. The smallest absolute Gasteiger partial charge is 0.216 e. The summed E-state index contributed by atoms with van der Waals surface area (Å²) in [6.07, 6.45) is 0. The molecule has 0 aliphatic carbocycles. The second-order valence-electron chi connectivity index (χ2n) is 5.27. The second kappa shape index (κ2) is 24.5. The highest BCUT2D eigenvalue weighted by Gasteiger charge is 1.88. The molecule has 0 aliphatic rings. The van der Waals surface area contributed by atoms with Gasteiger partial charge >= 0.3 is 0 Å². The van der Waals surface area contributed by atoms with E-state index in [1.165, 1.54) is 25.3 Å². The standard InChI is InChI=1S/2C8H11N.C3H7NO.C2H6.CH5N.CH4/c2*1-9(2)8-6-4-3-5-7-8;1-3(5)4-2;2*1-2;/h2*3-7H,1-2H3;1-2H3,(H,4,5);1-2H3;2H2,1H3;1H4. The lowest BCUT2D eigenvalue weighted by Gasteiger charge is -2.10. The van der Waals surface area contributed by atoms with Crippen LogP contribution in [0.5, 0.6) is 0 Å². The normalized spacial score (nSPS) is 7.50. The van der Waals surface area contributed by atoms with Crippen molar-refractivity contribution in [3.8, 4) is 0 Å². The van der Waals surface area contributed by atoms with Crippen molar-refractivity contribution in [3.63, 3.8) is 0 Å². The lowest BCUT2D eigenvalue weighted by Crippen LogP contribution is -2.11. The van der Waals surface area contributed by atoms with E-state index in [0.29, 0.717) is 0 Å². The monoisotopic (exact) mass is 392 g/mol. The molecule has 0 radical (unpaired) electrons. The van der Waals surface area contributed by atoms with Gasteiger partial charge in [0.25, 0.3) is 0 Å². The molecule has 2 rings (SSSR count). The van der Waals surface area contributed by atoms with Crippen LogP contribution in [0.25, 0.3) is 0 Å². The maximum absolute atomic E-state index is 9.70. The third-order valence-corrected chi connectivity index (χ3v) is 2.90. The van der Waals surface area contributed by atoms with E-state index >= 15 is 0 Å². The van der Waals surface area contributed by atoms with Crippen LogP contribution >= 0.6 is 0 Å². The number of hydrogen-bond donors (Lipinski definition) is 2. The molecule has 0 bridgehead atoms. The largest absolute Gasteiger partial charge is 0.378 e. The summed E-state index contributed by atoms with van der Waals surface area (Å²) in [6, 6.07) is 20.5. The first-order chi connectivity index (χ1) is 12.9. The van der Waals surface area contributed by atoms with Gasteiger partial charge < -0.3 is 20.9 Å². The first kappa shape index (κ1) is 33.1. The number of amides is 1. The number of nitrogens with zero attached hydrogens (tertiary/aromatic N) is 2. The van der Waals surface area contributed by atoms with Gasteiger partial charge in [-0.15, -0.1) is 0 Å². The summed E-state index contributed by atoms with van der Waals surface area (Å²) in [5.41, 5.74) is 7.00. The van der Waals surface area contributed by atoms with Crippen LogP contribution in [0.1, 0.15) is 28.2 Å². The minimum Gasteiger partial charge on any atom is -0.378 e. The topological polar surface area (TPSA) is 61.6 Å². The number of benzene rings is 2. The van der Waals surface area contributed by atoms with E-state index in [1.807, 2.05) is 78.4 Å². The molecule has 0 spiro atoms. The summed E-state index contributed by atoms with van der Waals surface area (Å²) < 4.78 is 0. The van der Waals surface area contributed by atoms with Crippen molar-refractivity contribution in [3.05, 3.63) is 60.7 Å². The summed E-state index contributed by atoms with van der Waals surface area (Å²) >= 11 is 0. The molecule has 3 N–H and O–H groups in total. The molecule has 0 heterocycles. The van der Waals surface area contributed by atoms with Crippen LogP contribution in [0.4, 0.5) is 11.4 Å². The van der Waals surface area contributed by atoms with Crippen LogP contribution in [0.2, 0.25) is 0 Å². The Bertz CT molecular complexity index is 485. The molecule has 28 heavy (non-hydrogen) atoms. The van der Waals surface area contributed by atoms with E-state index in [1.54, 1.807) is 7.05 Å². The lowest BCUT2D eigenvalue weighted by atomic mass is 10.3. The zero-order chi connectivity index (χ0) is 21.7. The van der Waals surface area contributed by atoms with Crippen molar-refractivity contribution >= 4 is 17.3 Å². The molecule has 0 aliphatic heterocycles. The maximum atomic E-state index is 9.70. The summed E-state index contributed by atoms with van der Waals surface area (Å²) in [5.74, 6) is 0.00463. The van der Waals surface area contributed by atoms with Gasteiger partial charge in [0.05, 0.1) is 0 Å².